The molecule has 0 bridgehead atoms. The van der Waals surface area contributed by atoms with Crippen LogP contribution in [0, 0.1) is 5.92 Å². The molecule has 118 valence electrons. The summed E-state index contributed by atoms with van der Waals surface area (Å²) in [6, 6.07) is 2.44. The van der Waals surface area contributed by atoms with E-state index in [1.807, 2.05) is 0 Å². The zero-order chi connectivity index (χ0) is 16.3. The molecule has 8 heteroatoms. The van der Waals surface area contributed by atoms with Crippen molar-refractivity contribution in [1.82, 2.24) is 0 Å². The number of ether oxygens (including phenoxy) is 1. The number of Topliss-reactive ketones (excluding diaryl/α,β-unsaturated/α-hetero) is 1. The van der Waals surface area contributed by atoms with Crippen molar-refractivity contribution in [1.29, 1.82) is 0 Å². The number of carbonyl (C=O) groups excluding carboxylic acids is 2. The Balaban J connectivity index is 2.99. The Bertz CT molecular complexity index is 498. The van der Waals surface area contributed by atoms with E-state index < -0.39 is 35.9 Å². The summed E-state index contributed by atoms with van der Waals surface area (Å²) in [5, 5.41) is 11.3. The molecule has 1 aromatic heterocycles. The minimum atomic E-state index is -5.03. The van der Waals surface area contributed by atoms with Crippen LogP contribution in [0.2, 0.25) is 0 Å². The number of hydrogen-bond donors (Lipinski definition) is 1. The molecule has 1 N–H and O–H groups in total. The topological polar surface area (TPSA) is 63.6 Å². The predicted octanol–water partition coefficient (Wildman–Crippen LogP) is 2.66. The van der Waals surface area contributed by atoms with Crippen molar-refractivity contribution < 1.29 is 32.6 Å². The minimum absolute atomic E-state index is 0.0188. The highest BCUT2D eigenvalue weighted by Gasteiger charge is 2.57. The molecule has 1 rings (SSSR count). The minimum Gasteiger partial charge on any atom is -0.465 e. The lowest BCUT2D eigenvalue weighted by molar-refractivity contribution is -0.266. The molecular weight excluding hydrogens is 309 g/mol. The number of esters is 1. The molecule has 0 aliphatic rings. The fourth-order valence-corrected chi connectivity index (χ4v) is 2.49. The first-order chi connectivity index (χ1) is 9.63. The smallest absolute Gasteiger partial charge is 0.422 e. The number of carbonyl (C=O) groups is 2. The average molecular weight is 324 g/mol. The van der Waals surface area contributed by atoms with Gasteiger partial charge in [0, 0.05) is 4.88 Å². The molecule has 0 aliphatic carbocycles. The van der Waals surface area contributed by atoms with Crippen LogP contribution >= 0.6 is 11.3 Å². The Morgan fingerprint density at radius 2 is 2.05 bits per heavy atom. The van der Waals surface area contributed by atoms with Gasteiger partial charge in [0.15, 0.2) is 0 Å². The van der Waals surface area contributed by atoms with Crippen molar-refractivity contribution >= 4 is 23.1 Å². The van der Waals surface area contributed by atoms with Crippen LogP contribution < -0.4 is 0 Å². The summed E-state index contributed by atoms with van der Waals surface area (Å²) in [6.45, 7) is 2.70. The molecule has 0 saturated carbocycles. The second-order valence-electron chi connectivity index (χ2n) is 4.45. The van der Waals surface area contributed by atoms with E-state index in [0.29, 0.717) is 11.3 Å². The first-order valence-corrected chi connectivity index (χ1v) is 7.04. The first kappa shape index (κ1) is 17.6. The van der Waals surface area contributed by atoms with Gasteiger partial charge in [-0.05, 0) is 25.3 Å². The summed E-state index contributed by atoms with van der Waals surface area (Å²) >= 11 is 0.691. The van der Waals surface area contributed by atoms with Crippen molar-refractivity contribution in [3.05, 3.63) is 22.4 Å². The second kappa shape index (κ2) is 6.57. The predicted molar refractivity (Wildman–Crippen MR) is 69.7 cm³/mol. The quantitative estimate of drug-likeness (QED) is 0.645. The standard InChI is InChI=1S/C13H15F3O4S/c1-3-20-11(18)8(2)9(17)7-12(19,13(14,15)16)10-5-4-6-21-10/h4-6,8,19H,3,7H2,1-2H3. The lowest BCUT2D eigenvalue weighted by atomic mass is 9.89. The molecule has 2 unspecified atom stereocenters. The van der Waals surface area contributed by atoms with Crippen LogP contribution in [0.4, 0.5) is 13.2 Å². The van der Waals surface area contributed by atoms with E-state index in [1.54, 1.807) is 0 Å². The highest BCUT2D eigenvalue weighted by Crippen LogP contribution is 2.44. The Labute approximate surface area is 123 Å². The Morgan fingerprint density at radius 3 is 2.48 bits per heavy atom. The van der Waals surface area contributed by atoms with E-state index in [0.717, 1.165) is 13.0 Å². The third kappa shape index (κ3) is 3.82. The first-order valence-electron chi connectivity index (χ1n) is 6.16. The highest BCUT2D eigenvalue weighted by atomic mass is 32.1. The van der Waals surface area contributed by atoms with Gasteiger partial charge in [0.25, 0.3) is 0 Å². The lowest BCUT2D eigenvalue weighted by Gasteiger charge is -2.29. The molecule has 0 aliphatic heterocycles. The second-order valence-corrected chi connectivity index (χ2v) is 5.40. The van der Waals surface area contributed by atoms with Gasteiger partial charge in [0.05, 0.1) is 13.0 Å². The van der Waals surface area contributed by atoms with Crippen LogP contribution in [0.1, 0.15) is 25.1 Å². The van der Waals surface area contributed by atoms with Crippen LogP contribution in [0.25, 0.3) is 0 Å². The molecule has 0 aromatic carbocycles. The fraction of sp³-hybridized carbons (Fsp3) is 0.538. The van der Waals surface area contributed by atoms with Crippen LogP contribution in [-0.4, -0.2) is 29.6 Å². The molecule has 0 radical (unpaired) electrons. The van der Waals surface area contributed by atoms with Crippen molar-refractivity contribution in [2.75, 3.05) is 6.61 Å². The maximum atomic E-state index is 13.1. The largest absolute Gasteiger partial charge is 0.465 e. The number of alkyl halides is 3. The van der Waals surface area contributed by atoms with Crippen LogP contribution in [0.5, 0.6) is 0 Å². The summed E-state index contributed by atoms with van der Waals surface area (Å²) in [5.41, 5.74) is -3.29. The molecular formula is C13H15F3O4S. The summed E-state index contributed by atoms with van der Waals surface area (Å²) in [6.07, 6.45) is -6.25. The summed E-state index contributed by atoms with van der Waals surface area (Å²) in [7, 11) is 0. The van der Waals surface area contributed by atoms with Gasteiger partial charge in [-0.2, -0.15) is 13.2 Å². The summed E-state index contributed by atoms with van der Waals surface area (Å²) in [5.74, 6) is -3.29. The Morgan fingerprint density at radius 1 is 1.43 bits per heavy atom. The van der Waals surface area contributed by atoms with E-state index in [1.165, 1.54) is 18.4 Å². The van der Waals surface area contributed by atoms with E-state index in [4.69, 9.17) is 0 Å². The number of halogens is 3. The molecule has 21 heavy (non-hydrogen) atoms. The number of hydrogen-bond acceptors (Lipinski definition) is 5. The zero-order valence-electron chi connectivity index (χ0n) is 11.4. The Hall–Kier alpha value is -1.41. The van der Waals surface area contributed by atoms with Gasteiger partial charge < -0.3 is 9.84 Å². The van der Waals surface area contributed by atoms with Gasteiger partial charge in [-0.1, -0.05) is 6.07 Å². The fourth-order valence-electron chi connectivity index (χ4n) is 1.64. The molecule has 4 nitrogen and oxygen atoms in total. The van der Waals surface area contributed by atoms with Crippen LogP contribution in [0.3, 0.4) is 0 Å². The van der Waals surface area contributed by atoms with Gasteiger partial charge in [-0.15, -0.1) is 11.3 Å². The maximum absolute atomic E-state index is 13.1. The molecule has 0 amide bonds. The van der Waals surface area contributed by atoms with Crippen LogP contribution in [0.15, 0.2) is 17.5 Å². The van der Waals surface area contributed by atoms with Gasteiger partial charge in [0.2, 0.25) is 5.60 Å². The maximum Gasteiger partial charge on any atom is 0.422 e. The van der Waals surface area contributed by atoms with E-state index in [-0.39, 0.29) is 11.5 Å². The van der Waals surface area contributed by atoms with Crippen molar-refractivity contribution in [3.8, 4) is 0 Å². The normalized spacial score (nSPS) is 16.1. The van der Waals surface area contributed by atoms with Crippen molar-refractivity contribution in [3.63, 3.8) is 0 Å². The Kier molecular flexibility index (Phi) is 5.52. The summed E-state index contributed by atoms with van der Waals surface area (Å²) in [4.78, 5) is 22.9. The molecule has 0 fully saturated rings. The van der Waals surface area contributed by atoms with Crippen molar-refractivity contribution in [2.45, 2.75) is 32.0 Å². The molecule has 0 saturated heterocycles. The summed E-state index contributed by atoms with van der Waals surface area (Å²) < 4.78 is 44.0. The highest BCUT2D eigenvalue weighted by molar-refractivity contribution is 7.10. The lowest BCUT2D eigenvalue weighted by Crippen LogP contribution is -2.45. The third-order valence-corrected chi connectivity index (χ3v) is 3.97. The molecule has 1 aromatic rings. The number of aliphatic hydroxyl groups is 1. The van der Waals surface area contributed by atoms with E-state index in [2.05, 4.69) is 4.74 Å². The number of thiophene rings is 1. The number of rotatable bonds is 6. The van der Waals surface area contributed by atoms with E-state index in [9.17, 15) is 27.9 Å². The van der Waals surface area contributed by atoms with E-state index >= 15 is 0 Å². The van der Waals surface area contributed by atoms with Gasteiger partial charge in [-0.3, -0.25) is 9.59 Å². The average Bonchev–Trinajstić information content (AvgIpc) is 2.90. The van der Waals surface area contributed by atoms with Crippen molar-refractivity contribution in [2.24, 2.45) is 5.92 Å². The van der Waals surface area contributed by atoms with Crippen LogP contribution in [-0.2, 0) is 19.9 Å². The molecule has 0 spiro atoms. The third-order valence-electron chi connectivity index (χ3n) is 2.95. The van der Waals surface area contributed by atoms with Gasteiger partial charge in [0.1, 0.15) is 11.7 Å². The molecule has 2 atom stereocenters. The number of ketones is 1. The zero-order valence-corrected chi connectivity index (χ0v) is 12.3. The van der Waals surface area contributed by atoms with Gasteiger partial charge in [-0.25, -0.2) is 0 Å². The SMILES string of the molecule is CCOC(=O)C(C)C(=O)CC(O)(c1cccs1)C(F)(F)F. The molecule has 1 heterocycles. The van der Waals surface area contributed by atoms with Gasteiger partial charge >= 0.3 is 12.1 Å². The monoisotopic (exact) mass is 324 g/mol.